The Morgan fingerprint density at radius 3 is 2.50 bits per heavy atom. The predicted octanol–water partition coefficient (Wildman–Crippen LogP) is -0.509. The Hall–Kier alpha value is -1.47. The molecule has 2 fully saturated rings. The molecule has 0 saturated carbocycles. The molecule has 0 aromatic rings. The third-order valence-corrected chi connectivity index (χ3v) is 5.36. The number of rotatable bonds is 1. The molecule has 0 aromatic heterocycles. The number of carbonyl (C=O) groups excluding carboxylic acids is 2. The lowest BCUT2D eigenvalue weighted by molar-refractivity contribution is -0.131. The van der Waals surface area contributed by atoms with Crippen molar-refractivity contribution in [1.29, 1.82) is 0 Å². The molecule has 22 heavy (non-hydrogen) atoms. The quantitative estimate of drug-likeness (QED) is 0.708. The van der Waals surface area contributed by atoms with E-state index in [9.17, 15) is 9.59 Å². The Morgan fingerprint density at radius 2 is 1.86 bits per heavy atom. The SMILES string of the molecule is CN1CCC2(CC1)CN(C(=O)C1=NNC(=O)CC1)CCN2C. The van der Waals surface area contributed by atoms with Gasteiger partial charge < -0.3 is 9.80 Å². The van der Waals surface area contributed by atoms with Crippen LogP contribution in [0, 0.1) is 0 Å². The van der Waals surface area contributed by atoms with Gasteiger partial charge in [-0.15, -0.1) is 0 Å². The summed E-state index contributed by atoms with van der Waals surface area (Å²) in [6, 6.07) is 0. The molecule has 0 aliphatic carbocycles. The molecule has 3 heterocycles. The largest absolute Gasteiger partial charge is 0.334 e. The molecule has 0 bridgehead atoms. The van der Waals surface area contributed by atoms with Gasteiger partial charge in [0.2, 0.25) is 5.91 Å². The Kier molecular flexibility index (Phi) is 4.18. The molecule has 122 valence electrons. The molecular formula is C15H25N5O2. The fourth-order valence-corrected chi connectivity index (χ4v) is 3.62. The van der Waals surface area contributed by atoms with E-state index in [1.54, 1.807) is 0 Å². The monoisotopic (exact) mass is 307 g/mol. The molecule has 0 radical (unpaired) electrons. The summed E-state index contributed by atoms with van der Waals surface area (Å²) in [5.41, 5.74) is 3.01. The van der Waals surface area contributed by atoms with E-state index in [2.05, 4.69) is 34.4 Å². The summed E-state index contributed by atoms with van der Waals surface area (Å²) in [5.74, 6) is -0.117. The maximum Gasteiger partial charge on any atom is 0.270 e. The molecule has 0 atom stereocenters. The summed E-state index contributed by atoms with van der Waals surface area (Å²) in [6.45, 7) is 4.55. The Morgan fingerprint density at radius 1 is 1.14 bits per heavy atom. The summed E-state index contributed by atoms with van der Waals surface area (Å²) >= 11 is 0. The van der Waals surface area contributed by atoms with Crippen LogP contribution in [0.1, 0.15) is 25.7 Å². The predicted molar refractivity (Wildman–Crippen MR) is 83.5 cm³/mol. The number of hydrazone groups is 1. The van der Waals surface area contributed by atoms with Crippen molar-refractivity contribution in [2.75, 3.05) is 46.8 Å². The van der Waals surface area contributed by atoms with Gasteiger partial charge in [0.05, 0.1) is 0 Å². The number of amides is 2. The lowest BCUT2D eigenvalue weighted by Gasteiger charge is -2.52. The van der Waals surface area contributed by atoms with Crippen LogP contribution in [0.25, 0.3) is 0 Å². The van der Waals surface area contributed by atoms with Crippen LogP contribution in [-0.2, 0) is 9.59 Å². The molecule has 7 heteroatoms. The standard InChI is InChI=1S/C15H25N5O2/c1-18-7-5-15(6-8-18)11-20(10-9-19(15)2)14(22)12-3-4-13(21)17-16-12/h3-11H2,1-2H3,(H,17,21). The number of likely N-dealkylation sites (tertiary alicyclic amines) is 1. The summed E-state index contributed by atoms with van der Waals surface area (Å²) in [5, 5.41) is 3.95. The topological polar surface area (TPSA) is 68.2 Å². The van der Waals surface area contributed by atoms with Crippen molar-refractivity contribution in [3.8, 4) is 0 Å². The summed E-state index contributed by atoms with van der Waals surface area (Å²) < 4.78 is 0. The van der Waals surface area contributed by atoms with Gasteiger partial charge in [-0.3, -0.25) is 14.5 Å². The zero-order valence-electron chi connectivity index (χ0n) is 13.5. The van der Waals surface area contributed by atoms with Crippen LogP contribution in [0.2, 0.25) is 0 Å². The van der Waals surface area contributed by atoms with Crippen LogP contribution in [0.5, 0.6) is 0 Å². The van der Waals surface area contributed by atoms with E-state index in [1.165, 1.54) is 0 Å². The van der Waals surface area contributed by atoms with E-state index in [-0.39, 0.29) is 17.4 Å². The minimum absolute atomic E-state index is 0.00796. The molecule has 0 unspecified atom stereocenters. The first-order valence-electron chi connectivity index (χ1n) is 8.05. The van der Waals surface area contributed by atoms with Gasteiger partial charge in [0.1, 0.15) is 5.71 Å². The highest BCUT2D eigenvalue weighted by Gasteiger charge is 2.43. The van der Waals surface area contributed by atoms with Crippen molar-refractivity contribution >= 4 is 17.5 Å². The van der Waals surface area contributed by atoms with Crippen molar-refractivity contribution in [3.05, 3.63) is 0 Å². The van der Waals surface area contributed by atoms with Crippen molar-refractivity contribution < 1.29 is 9.59 Å². The second-order valence-electron chi connectivity index (χ2n) is 6.77. The maximum absolute atomic E-state index is 12.7. The minimum Gasteiger partial charge on any atom is -0.334 e. The number of nitrogens with zero attached hydrogens (tertiary/aromatic N) is 4. The van der Waals surface area contributed by atoms with Crippen molar-refractivity contribution in [2.24, 2.45) is 5.10 Å². The van der Waals surface area contributed by atoms with E-state index in [1.807, 2.05) is 4.90 Å². The second-order valence-corrected chi connectivity index (χ2v) is 6.77. The van der Waals surface area contributed by atoms with Gasteiger partial charge in [-0.05, 0) is 40.0 Å². The average Bonchev–Trinajstić information content (AvgIpc) is 2.53. The molecule has 3 aliphatic rings. The van der Waals surface area contributed by atoms with Gasteiger partial charge in [-0.1, -0.05) is 0 Å². The van der Waals surface area contributed by atoms with Crippen LogP contribution >= 0.6 is 0 Å². The highest BCUT2D eigenvalue weighted by molar-refractivity contribution is 6.39. The zero-order chi connectivity index (χ0) is 15.7. The molecule has 1 N–H and O–H groups in total. The molecular weight excluding hydrogens is 282 g/mol. The van der Waals surface area contributed by atoms with Crippen molar-refractivity contribution in [1.82, 2.24) is 20.1 Å². The molecule has 3 aliphatic heterocycles. The normalized spacial score (nSPS) is 26.7. The number of hydrogen-bond acceptors (Lipinski definition) is 5. The van der Waals surface area contributed by atoms with Crippen LogP contribution in [0.4, 0.5) is 0 Å². The van der Waals surface area contributed by atoms with Crippen LogP contribution < -0.4 is 5.43 Å². The molecule has 3 rings (SSSR count). The fraction of sp³-hybridized carbons (Fsp3) is 0.800. The third-order valence-electron chi connectivity index (χ3n) is 5.36. The molecule has 2 saturated heterocycles. The van der Waals surface area contributed by atoms with Crippen LogP contribution in [-0.4, -0.2) is 84.6 Å². The van der Waals surface area contributed by atoms with Gasteiger partial charge in [0.15, 0.2) is 0 Å². The fourth-order valence-electron chi connectivity index (χ4n) is 3.62. The lowest BCUT2D eigenvalue weighted by atomic mass is 9.83. The van der Waals surface area contributed by atoms with Crippen LogP contribution in [0.3, 0.4) is 0 Å². The van der Waals surface area contributed by atoms with Crippen molar-refractivity contribution in [3.63, 3.8) is 0 Å². The number of carbonyl (C=O) groups is 2. The molecule has 0 aromatic carbocycles. The zero-order valence-corrected chi connectivity index (χ0v) is 13.5. The summed E-state index contributed by atoms with van der Waals surface area (Å²) in [4.78, 5) is 30.5. The van der Waals surface area contributed by atoms with Gasteiger partial charge in [0, 0.05) is 38.0 Å². The van der Waals surface area contributed by atoms with E-state index in [0.717, 1.165) is 45.6 Å². The first kappa shape index (κ1) is 15.4. The highest BCUT2D eigenvalue weighted by atomic mass is 16.2. The van der Waals surface area contributed by atoms with E-state index >= 15 is 0 Å². The number of piperazine rings is 1. The molecule has 1 spiro atoms. The number of piperidine rings is 1. The third kappa shape index (κ3) is 2.87. The highest BCUT2D eigenvalue weighted by Crippen LogP contribution is 2.31. The van der Waals surface area contributed by atoms with Gasteiger partial charge in [-0.2, -0.15) is 5.10 Å². The van der Waals surface area contributed by atoms with Gasteiger partial charge >= 0.3 is 0 Å². The Balaban J connectivity index is 1.70. The molecule has 2 amide bonds. The smallest absolute Gasteiger partial charge is 0.270 e. The van der Waals surface area contributed by atoms with Crippen LogP contribution in [0.15, 0.2) is 5.10 Å². The number of nitrogens with one attached hydrogen (secondary N) is 1. The Bertz CT molecular complexity index is 496. The van der Waals surface area contributed by atoms with E-state index in [4.69, 9.17) is 0 Å². The minimum atomic E-state index is -0.110. The summed E-state index contributed by atoms with van der Waals surface area (Å²) in [7, 11) is 4.32. The number of hydrogen-bond donors (Lipinski definition) is 1. The first-order chi connectivity index (χ1) is 10.5. The van der Waals surface area contributed by atoms with Crippen molar-refractivity contribution in [2.45, 2.75) is 31.2 Å². The Labute approximate surface area is 131 Å². The second kappa shape index (κ2) is 5.96. The van der Waals surface area contributed by atoms with E-state index in [0.29, 0.717) is 18.6 Å². The molecule has 7 nitrogen and oxygen atoms in total. The maximum atomic E-state index is 12.7. The lowest BCUT2D eigenvalue weighted by Crippen LogP contribution is -2.65. The van der Waals surface area contributed by atoms with Gasteiger partial charge in [0.25, 0.3) is 5.91 Å². The summed E-state index contributed by atoms with van der Waals surface area (Å²) in [6.07, 6.45) is 2.99. The van der Waals surface area contributed by atoms with E-state index < -0.39 is 0 Å². The first-order valence-corrected chi connectivity index (χ1v) is 8.05. The average molecular weight is 307 g/mol. The number of likely N-dealkylation sites (N-methyl/N-ethyl adjacent to an activating group) is 1. The van der Waals surface area contributed by atoms with Gasteiger partial charge in [-0.25, -0.2) is 5.43 Å².